The molecular formula is C25H28ClNO6. The second kappa shape index (κ2) is 11.3. The summed E-state index contributed by atoms with van der Waals surface area (Å²) in [5, 5.41) is 3.86. The van der Waals surface area contributed by atoms with Crippen LogP contribution >= 0.6 is 11.6 Å². The standard InChI is InChI=1S/C25H28ClNO6/c1-4-31-23(28)17-9-7-15(8-10-17)19-20(24(29)32-5-2)21(16-11-13-18(26)14-12-16)27-22(19)25(30)33-6-3/h7-14,19-22,27H,4-6H2,1-3H3/t19-,20+,21-,22+/m0/s1. The smallest absolute Gasteiger partial charge is 0.338 e. The van der Waals surface area contributed by atoms with Gasteiger partial charge in [-0.05, 0) is 56.2 Å². The number of carbonyl (C=O) groups is 3. The molecule has 1 N–H and O–H groups in total. The summed E-state index contributed by atoms with van der Waals surface area (Å²) in [5.74, 6) is -2.58. The third kappa shape index (κ3) is 5.54. The largest absolute Gasteiger partial charge is 0.466 e. The fourth-order valence-electron chi connectivity index (χ4n) is 4.21. The van der Waals surface area contributed by atoms with E-state index in [-0.39, 0.29) is 19.8 Å². The molecule has 4 atom stereocenters. The van der Waals surface area contributed by atoms with Crippen molar-refractivity contribution in [2.75, 3.05) is 19.8 Å². The first-order valence-electron chi connectivity index (χ1n) is 11.0. The number of halogens is 1. The topological polar surface area (TPSA) is 90.9 Å². The average Bonchev–Trinajstić information content (AvgIpc) is 3.21. The fraction of sp³-hybridized carbons (Fsp3) is 0.400. The second-order valence-electron chi connectivity index (χ2n) is 7.57. The summed E-state index contributed by atoms with van der Waals surface area (Å²) in [7, 11) is 0. The predicted octanol–water partition coefficient (Wildman–Crippen LogP) is 4.06. The Balaban J connectivity index is 2.05. The lowest BCUT2D eigenvalue weighted by Crippen LogP contribution is -2.37. The molecule has 176 valence electrons. The molecule has 1 aliphatic heterocycles. The maximum atomic E-state index is 13.2. The lowest BCUT2D eigenvalue weighted by atomic mass is 9.79. The van der Waals surface area contributed by atoms with Crippen LogP contribution in [0.4, 0.5) is 0 Å². The van der Waals surface area contributed by atoms with Gasteiger partial charge in [-0.25, -0.2) is 4.79 Å². The molecule has 0 spiro atoms. The van der Waals surface area contributed by atoms with Gasteiger partial charge in [-0.2, -0.15) is 0 Å². The van der Waals surface area contributed by atoms with Crippen molar-refractivity contribution >= 4 is 29.5 Å². The van der Waals surface area contributed by atoms with Gasteiger partial charge in [0.25, 0.3) is 0 Å². The van der Waals surface area contributed by atoms with Gasteiger partial charge in [0.2, 0.25) is 0 Å². The molecule has 1 aliphatic rings. The van der Waals surface area contributed by atoms with E-state index >= 15 is 0 Å². The predicted molar refractivity (Wildman–Crippen MR) is 123 cm³/mol. The van der Waals surface area contributed by atoms with E-state index in [1.165, 1.54) is 0 Å². The normalized spacial score (nSPS) is 21.9. The Morgan fingerprint density at radius 1 is 0.788 bits per heavy atom. The van der Waals surface area contributed by atoms with Crippen LogP contribution in [0.25, 0.3) is 0 Å². The van der Waals surface area contributed by atoms with Crippen LogP contribution in [0, 0.1) is 5.92 Å². The lowest BCUT2D eigenvalue weighted by Gasteiger charge is -2.24. The van der Waals surface area contributed by atoms with Crippen molar-refractivity contribution in [1.82, 2.24) is 5.32 Å². The van der Waals surface area contributed by atoms with E-state index in [1.54, 1.807) is 57.2 Å². The van der Waals surface area contributed by atoms with Gasteiger partial charge in [-0.1, -0.05) is 35.9 Å². The number of hydrogen-bond acceptors (Lipinski definition) is 7. The zero-order valence-electron chi connectivity index (χ0n) is 18.9. The number of benzene rings is 2. The van der Waals surface area contributed by atoms with Crippen LogP contribution in [0.3, 0.4) is 0 Å². The number of ether oxygens (including phenoxy) is 3. The van der Waals surface area contributed by atoms with E-state index in [4.69, 9.17) is 25.8 Å². The monoisotopic (exact) mass is 473 g/mol. The summed E-state index contributed by atoms with van der Waals surface area (Å²) in [6, 6.07) is 12.6. The van der Waals surface area contributed by atoms with Gasteiger partial charge in [0.1, 0.15) is 6.04 Å². The van der Waals surface area contributed by atoms with Gasteiger partial charge in [-0.15, -0.1) is 0 Å². The minimum atomic E-state index is -0.784. The molecule has 0 radical (unpaired) electrons. The van der Waals surface area contributed by atoms with Crippen molar-refractivity contribution in [3.63, 3.8) is 0 Å². The summed E-state index contributed by atoms with van der Waals surface area (Å²) in [6.45, 7) is 5.90. The summed E-state index contributed by atoms with van der Waals surface area (Å²) in [4.78, 5) is 38.1. The van der Waals surface area contributed by atoms with Crippen molar-refractivity contribution in [2.24, 2.45) is 5.92 Å². The highest BCUT2D eigenvalue weighted by Crippen LogP contribution is 2.44. The zero-order chi connectivity index (χ0) is 24.0. The SMILES string of the molecule is CCOC(=O)c1ccc([C@H]2[C@@H](C(=O)OCC)[C@H](c3ccc(Cl)cc3)N[C@H]2C(=O)OCC)cc1. The van der Waals surface area contributed by atoms with Crippen molar-refractivity contribution in [3.8, 4) is 0 Å². The zero-order valence-corrected chi connectivity index (χ0v) is 19.6. The molecular weight excluding hydrogens is 446 g/mol. The Hall–Kier alpha value is -2.90. The first-order chi connectivity index (χ1) is 15.9. The number of rotatable bonds is 8. The Kier molecular flexibility index (Phi) is 8.47. The molecule has 2 aromatic rings. The molecule has 8 heteroatoms. The molecule has 0 unspecified atom stereocenters. The van der Waals surface area contributed by atoms with Crippen LogP contribution in [-0.2, 0) is 23.8 Å². The van der Waals surface area contributed by atoms with Crippen LogP contribution in [-0.4, -0.2) is 43.8 Å². The molecule has 1 saturated heterocycles. The molecule has 3 rings (SSSR count). The third-order valence-electron chi connectivity index (χ3n) is 5.60. The highest BCUT2D eigenvalue weighted by Gasteiger charge is 2.52. The van der Waals surface area contributed by atoms with E-state index in [0.717, 1.165) is 5.56 Å². The van der Waals surface area contributed by atoms with Crippen LogP contribution in [0.2, 0.25) is 5.02 Å². The van der Waals surface area contributed by atoms with Gasteiger partial charge in [0.15, 0.2) is 0 Å². The molecule has 1 heterocycles. The number of nitrogens with one attached hydrogen (secondary N) is 1. The Morgan fingerprint density at radius 3 is 1.91 bits per heavy atom. The maximum absolute atomic E-state index is 13.2. The molecule has 33 heavy (non-hydrogen) atoms. The van der Waals surface area contributed by atoms with Crippen molar-refractivity contribution < 1.29 is 28.6 Å². The lowest BCUT2D eigenvalue weighted by molar-refractivity contribution is -0.149. The number of carbonyl (C=O) groups excluding carboxylic acids is 3. The minimum absolute atomic E-state index is 0.210. The Bertz CT molecular complexity index is 975. The summed E-state index contributed by atoms with van der Waals surface area (Å²) in [6.07, 6.45) is 0. The van der Waals surface area contributed by atoms with Gasteiger partial charge in [-0.3, -0.25) is 14.9 Å². The van der Waals surface area contributed by atoms with Crippen LogP contribution < -0.4 is 5.32 Å². The highest BCUT2D eigenvalue weighted by atomic mass is 35.5. The van der Waals surface area contributed by atoms with E-state index in [0.29, 0.717) is 16.1 Å². The van der Waals surface area contributed by atoms with E-state index in [2.05, 4.69) is 5.32 Å². The first kappa shape index (κ1) is 24.7. The van der Waals surface area contributed by atoms with Crippen molar-refractivity contribution in [1.29, 1.82) is 0 Å². The molecule has 0 bridgehead atoms. The van der Waals surface area contributed by atoms with Gasteiger partial charge in [0, 0.05) is 17.0 Å². The molecule has 1 fully saturated rings. The molecule has 0 aliphatic carbocycles. The average molecular weight is 474 g/mol. The quantitative estimate of drug-likeness (QED) is 0.456. The minimum Gasteiger partial charge on any atom is -0.466 e. The highest BCUT2D eigenvalue weighted by molar-refractivity contribution is 6.30. The van der Waals surface area contributed by atoms with E-state index < -0.39 is 41.8 Å². The van der Waals surface area contributed by atoms with Crippen molar-refractivity contribution in [2.45, 2.75) is 38.8 Å². The van der Waals surface area contributed by atoms with Crippen LogP contribution in [0.5, 0.6) is 0 Å². The first-order valence-corrected chi connectivity index (χ1v) is 11.4. The van der Waals surface area contributed by atoms with Crippen molar-refractivity contribution in [3.05, 3.63) is 70.2 Å². The maximum Gasteiger partial charge on any atom is 0.338 e. The van der Waals surface area contributed by atoms with Crippen LogP contribution in [0.1, 0.15) is 54.2 Å². The van der Waals surface area contributed by atoms with Gasteiger partial charge < -0.3 is 14.2 Å². The third-order valence-corrected chi connectivity index (χ3v) is 5.85. The van der Waals surface area contributed by atoms with E-state index in [1.807, 2.05) is 12.1 Å². The number of esters is 3. The summed E-state index contributed by atoms with van der Waals surface area (Å²) >= 11 is 6.05. The van der Waals surface area contributed by atoms with E-state index in [9.17, 15) is 14.4 Å². The molecule has 7 nitrogen and oxygen atoms in total. The summed E-state index contributed by atoms with van der Waals surface area (Å²) in [5.41, 5.74) is 1.90. The Morgan fingerprint density at radius 2 is 1.33 bits per heavy atom. The molecule has 0 aromatic heterocycles. The molecule has 0 amide bonds. The number of hydrogen-bond donors (Lipinski definition) is 1. The second-order valence-corrected chi connectivity index (χ2v) is 8.01. The summed E-state index contributed by atoms with van der Waals surface area (Å²) < 4.78 is 15.8. The van der Waals surface area contributed by atoms with Gasteiger partial charge in [0.05, 0.1) is 31.3 Å². The molecule has 2 aromatic carbocycles. The Labute approximate surface area is 198 Å². The molecule has 0 saturated carbocycles. The van der Waals surface area contributed by atoms with Crippen LogP contribution in [0.15, 0.2) is 48.5 Å². The van der Waals surface area contributed by atoms with Gasteiger partial charge >= 0.3 is 17.9 Å². The fourth-order valence-corrected chi connectivity index (χ4v) is 4.34.